The zero-order valence-corrected chi connectivity index (χ0v) is 9.77. The van der Waals surface area contributed by atoms with Crippen molar-refractivity contribution in [3.8, 4) is 0 Å². The molecule has 1 aromatic rings. The Morgan fingerprint density at radius 1 is 1.35 bits per heavy atom. The van der Waals surface area contributed by atoms with Crippen LogP contribution in [0.2, 0.25) is 0 Å². The number of nitro benzene ring substituents is 1. The predicted octanol–water partition coefficient (Wildman–Crippen LogP) is 0.711. The van der Waals surface area contributed by atoms with Crippen molar-refractivity contribution < 1.29 is 19.4 Å². The Balaban J connectivity index is 3.66. The summed E-state index contributed by atoms with van der Waals surface area (Å²) < 4.78 is 13.2. The van der Waals surface area contributed by atoms with Crippen molar-refractivity contribution in [2.24, 2.45) is 0 Å². The van der Waals surface area contributed by atoms with E-state index in [4.69, 9.17) is 10.0 Å². The average molecular weight is 241 g/mol. The van der Waals surface area contributed by atoms with Gasteiger partial charge in [0.05, 0.1) is 11.0 Å². The van der Waals surface area contributed by atoms with Crippen LogP contribution in [0, 0.1) is 15.9 Å². The van der Waals surface area contributed by atoms with Crippen molar-refractivity contribution in [2.45, 2.75) is 26.2 Å². The Kier molecular flexibility index (Phi) is 3.54. The number of benzene rings is 1. The second-order valence-corrected chi connectivity index (χ2v) is 4.77. The zero-order valence-electron chi connectivity index (χ0n) is 9.77. The summed E-state index contributed by atoms with van der Waals surface area (Å²) in [7, 11) is -1.95. The van der Waals surface area contributed by atoms with E-state index in [-0.39, 0.29) is 11.0 Å². The molecule has 0 heterocycles. The molecule has 0 aliphatic carbocycles. The first-order valence-corrected chi connectivity index (χ1v) is 4.99. The molecule has 2 N–H and O–H groups in total. The summed E-state index contributed by atoms with van der Waals surface area (Å²) in [4.78, 5) is 10.1. The zero-order chi connectivity index (χ0) is 13.4. The fourth-order valence-electron chi connectivity index (χ4n) is 1.78. The van der Waals surface area contributed by atoms with Gasteiger partial charge >= 0.3 is 7.12 Å². The van der Waals surface area contributed by atoms with E-state index >= 15 is 0 Å². The lowest BCUT2D eigenvalue weighted by Gasteiger charge is -2.22. The van der Waals surface area contributed by atoms with Gasteiger partial charge in [0.15, 0.2) is 0 Å². The highest BCUT2D eigenvalue weighted by molar-refractivity contribution is 6.59. The minimum absolute atomic E-state index is 0.124. The largest absolute Gasteiger partial charge is 0.489 e. The fourth-order valence-corrected chi connectivity index (χ4v) is 1.78. The van der Waals surface area contributed by atoms with Crippen molar-refractivity contribution >= 4 is 18.3 Å². The molecule has 0 aromatic heterocycles. The van der Waals surface area contributed by atoms with Gasteiger partial charge in [0.25, 0.3) is 5.69 Å². The normalized spacial score (nSPS) is 11.4. The number of hydrogen-bond donors (Lipinski definition) is 2. The molecular weight excluding hydrogens is 228 g/mol. The van der Waals surface area contributed by atoms with E-state index < -0.39 is 29.0 Å². The van der Waals surface area contributed by atoms with Crippen LogP contribution in [-0.2, 0) is 5.41 Å². The van der Waals surface area contributed by atoms with E-state index in [0.29, 0.717) is 0 Å². The molecular formula is C10H13BFNO4. The monoisotopic (exact) mass is 241 g/mol. The Morgan fingerprint density at radius 2 is 1.88 bits per heavy atom. The molecule has 0 atom stereocenters. The van der Waals surface area contributed by atoms with Gasteiger partial charge in [-0.1, -0.05) is 20.8 Å². The predicted molar refractivity (Wildman–Crippen MR) is 61.6 cm³/mol. The Bertz CT molecular complexity index is 456. The highest BCUT2D eigenvalue weighted by Gasteiger charge is 2.33. The van der Waals surface area contributed by atoms with Crippen molar-refractivity contribution in [3.63, 3.8) is 0 Å². The molecule has 1 aromatic carbocycles. The number of rotatable bonds is 2. The van der Waals surface area contributed by atoms with E-state index in [1.807, 2.05) is 0 Å². The van der Waals surface area contributed by atoms with Gasteiger partial charge in [0.2, 0.25) is 0 Å². The summed E-state index contributed by atoms with van der Waals surface area (Å²) in [6.07, 6.45) is 0. The number of halogens is 1. The molecule has 0 saturated carbocycles. The molecule has 92 valence electrons. The van der Waals surface area contributed by atoms with Gasteiger partial charge in [-0.2, -0.15) is 0 Å². The lowest BCUT2D eigenvalue weighted by Crippen LogP contribution is -2.38. The third-order valence-corrected chi connectivity index (χ3v) is 2.34. The number of nitrogens with zero attached hydrogens (tertiary/aromatic N) is 1. The SMILES string of the molecule is CC(C)(C)c1c(B(O)O)cc(F)cc1[N+](=O)[O-]. The lowest BCUT2D eigenvalue weighted by atomic mass is 9.69. The molecule has 0 fully saturated rings. The molecule has 5 nitrogen and oxygen atoms in total. The van der Waals surface area contributed by atoms with E-state index in [9.17, 15) is 14.5 Å². The van der Waals surface area contributed by atoms with Crippen molar-refractivity contribution in [1.29, 1.82) is 0 Å². The second-order valence-electron chi connectivity index (χ2n) is 4.77. The van der Waals surface area contributed by atoms with Gasteiger partial charge in [0, 0.05) is 5.56 Å². The van der Waals surface area contributed by atoms with Gasteiger partial charge < -0.3 is 10.0 Å². The Hall–Kier alpha value is -1.47. The maximum Gasteiger partial charge on any atom is 0.489 e. The summed E-state index contributed by atoms with van der Waals surface area (Å²) in [5, 5.41) is 29.2. The summed E-state index contributed by atoms with van der Waals surface area (Å²) in [5.74, 6) is -0.868. The summed E-state index contributed by atoms with van der Waals surface area (Å²) in [6.45, 7) is 5.04. The Labute approximate surface area is 98.2 Å². The van der Waals surface area contributed by atoms with Crippen LogP contribution < -0.4 is 5.46 Å². The number of nitro groups is 1. The van der Waals surface area contributed by atoms with E-state index in [2.05, 4.69) is 0 Å². The fraction of sp³-hybridized carbons (Fsp3) is 0.400. The van der Waals surface area contributed by atoms with Crippen LogP contribution in [0.15, 0.2) is 12.1 Å². The van der Waals surface area contributed by atoms with Crippen LogP contribution in [0.25, 0.3) is 0 Å². The van der Waals surface area contributed by atoms with Gasteiger partial charge in [0.1, 0.15) is 5.82 Å². The first-order valence-electron chi connectivity index (χ1n) is 4.99. The van der Waals surface area contributed by atoms with Gasteiger partial charge in [-0.3, -0.25) is 10.1 Å². The average Bonchev–Trinajstić information content (AvgIpc) is 2.14. The van der Waals surface area contributed by atoms with Crippen LogP contribution in [-0.4, -0.2) is 22.1 Å². The van der Waals surface area contributed by atoms with Crippen molar-refractivity contribution in [1.82, 2.24) is 0 Å². The molecule has 7 heteroatoms. The third kappa shape index (κ3) is 2.80. The van der Waals surface area contributed by atoms with Crippen LogP contribution in [0.5, 0.6) is 0 Å². The highest BCUT2D eigenvalue weighted by Crippen LogP contribution is 2.30. The molecule has 17 heavy (non-hydrogen) atoms. The maximum atomic E-state index is 13.2. The van der Waals surface area contributed by atoms with Crippen LogP contribution in [0.4, 0.5) is 10.1 Å². The molecule has 1 rings (SSSR count). The summed E-state index contributed by atoms with van der Waals surface area (Å²) in [6, 6.07) is 1.69. The van der Waals surface area contributed by atoms with Crippen molar-refractivity contribution in [3.05, 3.63) is 33.6 Å². The van der Waals surface area contributed by atoms with Gasteiger partial charge in [-0.05, 0) is 16.9 Å². The first kappa shape index (κ1) is 13.6. The van der Waals surface area contributed by atoms with E-state index in [1.54, 1.807) is 20.8 Å². The third-order valence-electron chi connectivity index (χ3n) is 2.34. The van der Waals surface area contributed by atoms with Crippen molar-refractivity contribution in [2.75, 3.05) is 0 Å². The summed E-state index contributed by atoms with van der Waals surface area (Å²) >= 11 is 0. The van der Waals surface area contributed by atoms with Gasteiger partial charge in [-0.15, -0.1) is 0 Å². The molecule has 0 saturated heterocycles. The minimum Gasteiger partial charge on any atom is -0.423 e. The molecule has 0 bridgehead atoms. The minimum atomic E-state index is -1.95. The molecule has 0 amide bonds. The second kappa shape index (κ2) is 4.42. The van der Waals surface area contributed by atoms with Crippen LogP contribution in [0.3, 0.4) is 0 Å². The summed E-state index contributed by atoms with van der Waals surface area (Å²) in [5.41, 5.74) is -1.20. The first-order chi connectivity index (χ1) is 7.64. The number of hydrogen-bond acceptors (Lipinski definition) is 4. The molecule has 0 spiro atoms. The quantitative estimate of drug-likeness (QED) is 0.453. The molecule has 0 aliphatic rings. The lowest BCUT2D eigenvalue weighted by molar-refractivity contribution is -0.386. The highest BCUT2D eigenvalue weighted by atomic mass is 19.1. The smallest absolute Gasteiger partial charge is 0.423 e. The van der Waals surface area contributed by atoms with E-state index in [1.165, 1.54) is 0 Å². The van der Waals surface area contributed by atoms with Crippen LogP contribution in [0.1, 0.15) is 26.3 Å². The molecule has 0 unspecified atom stereocenters. The topological polar surface area (TPSA) is 83.6 Å². The maximum absolute atomic E-state index is 13.2. The van der Waals surface area contributed by atoms with E-state index in [0.717, 1.165) is 12.1 Å². The molecule has 0 radical (unpaired) electrons. The molecule has 0 aliphatic heterocycles. The standard InChI is InChI=1S/C10H13BFNO4/c1-10(2,3)9-7(11(14)15)4-6(12)5-8(9)13(16)17/h4-5,14-15H,1-3H3. The van der Waals surface area contributed by atoms with Gasteiger partial charge in [-0.25, -0.2) is 4.39 Å². The Morgan fingerprint density at radius 3 is 2.24 bits per heavy atom. The van der Waals surface area contributed by atoms with Crippen LogP contribution >= 0.6 is 0 Å².